The van der Waals surface area contributed by atoms with Gasteiger partial charge >= 0.3 is 0 Å². The Morgan fingerprint density at radius 1 is 1.50 bits per heavy atom. The van der Waals surface area contributed by atoms with E-state index in [1.54, 1.807) is 4.68 Å². The third-order valence-corrected chi connectivity index (χ3v) is 5.39. The van der Waals surface area contributed by atoms with Gasteiger partial charge in [0.1, 0.15) is 4.90 Å². The number of nitrogen functional groups attached to an aromatic ring is 1. The zero-order valence-corrected chi connectivity index (χ0v) is 11.8. The second kappa shape index (κ2) is 4.55. The molecule has 0 amide bonds. The van der Waals surface area contributed by atoms with Gasteiger partial charge in [-0.25, -0.2) is 8.42 Å². The summed E-state index contributed by atoms with van der Waals surface area (Å²) in [6.45, 7) is 7.04. The third-order valence-electron chi connectivity index (χ3n) is 3.39. The van der Waals surface area contributed by atoms with Crippen LogP contribution < -0.4 is 5.73 Å². The number of anilines is 1. The molecule has 0 aromatic carbocycles. The van der Waals surface area contributed by atoms with Crippen molar-refractivity contribution in [3.8, 4) is 0 Å². The molecule has 1 saturated heterocycles. The van der Waals surface area contributed by atoms with E-state index in [-0.39, 0.29) is 16.8 Å². The second-order valence-electron chi connectivity index (χ2n) is 5.00. The lowest BCUT2D eigenvalue weighted by molar-refractivity contribution is 0.405. The van der Waals surface area contributed by atoms with Gasteiger partial charge < -0.3 is 5.73 Å². The third kappa shape index (κ3) is 2.12. The number of hydrogen-bond acceptors (Lipinski definition) is 4. The summed E-state index contributed by atoms with van der Waals surface area (Å²) in [5.74, 6) is 0.473. The summed E-state index contributed by atoms with van der Waals surface area (Å²) in [5, 5.41) is 4.00. The Hall–Kier alpha value is -1.08. The van der Waals surface area contributed by atoms with Gasteiger partial charge in [-0.1, -0.05) is 6.92 Å². The predicted molar refractivity (Wildman–Crippen MR) is 69.4 cm³/mol. The van der Waals surface area contributed by atoms with Crippen molar-refractivity contribution in [1.29, 1.82) is 0 Å². The Labute approximate surface area is 108 Å². The van der Waals surface area contributed by atoms with E-state index < -0.39 is 10.0 Å². The molecular formula is C11H20N4O2S. The molecule has 18 heavy (non-hydrogen) atoms. The largest absolute Gasteiger partial charge is 0.381 e. The van der Waals surface area contributed by atoms with Gasteiger partial charge in [0, 0.05) is 25.3 Å². The van der Waals surface area contributed by atoms with E-state index in [1.165, 1.54) is 10.5 Å². The molecule has 1 aliphatic heterocycles. The minimum Gasteiger partial charge on any atom is -0.381 e. The molecule has 0 spiro atoms. The normalized spacial score (nSPS) is 25.7. The summed E-state index contributed by atoms with van der Waals surface area (Å²) in [5.41, 5.74) is 5.71. The van der Waals surface area contributed by atoms with E-state index in [0.29, 0.717) is 19.0 Å². The standard InChI is InChI=1S/C11H20N4O2S/c1-4-14-7-10(11(12)13-14)18(16,17)15-6-8(2)5-9(15)3/h7-9H,4-6H2,1-3H3,(H2,12,13). The maximum absolute atomic E-state index is 12.5. The monoisotopic (exact) mass is 272 g/mol. The average Bonchev–Trinajstić information content (AvgIpc) is 2.82. The van der Waals surface area contributed by atoms with Crippen molar-refractivity contribution in [3.05, 3.63) is 6.20 Å². The lowest BCUT2D eigenvalue weighted by Crippen LogP contribution is -2.34. The molecule has 7 heteroatoms. The highest BCUT2D eigenvalue weighted by Crippen LogP contribution is 2.30. The summed E-state index contributed by atoms with van der Waals surface area (Å²) in [6, 6.07) is 0.0226. The Morgan fingerprint density at radius 2 is 2.17 bits per heavy atom. The van der Waals surface area contributed by atoms with Crippen LogP contribution in [0.25, 0.3) is 0 Å². The van der Waals surface area contributed by atoms with Crippen molar-refractivity contribution in [2.45, 2.75) is 44.7 Å². The summed E-state index contributed by atoms with van der Waals surface area (Å²) >= 11 is 0. The molecule has 2 heterocycles. The smallest absolute Gasteiger partial charge is 0.248 e. The van der Waals surface area contributed by atoms with Crippen molar-refractivity contribution in [1.82, 2.24) is 14.1 Å². The highest BCUT2D eigenvalue weighted by atomic mass is 32.2. The molecule has 2 rings (SSSR count). The lowest BCUT2D eigenvalue weighted by Gasteiger charge is -2.20. The first kappa shape index (κ1) is 13.4. The molecule has 1 aliphatic rings. The van der Waals surface area contributed by atoms with E-state index >= 15 is 0 Å². The molecule has 2 N–H and O–H groups in total. The number of nitrogens with two attached hydrogens (primary N) is 1. The van der Waals surface area contributed by atoms with Crippen LogP contribution in [0.4, 0.5) is 5.82 Å². The lowest BCUT2D eigenvalue weighted by atomic mass is 10.1. The number of sulfonamides is 1. The number of hydrogen-bond donors (Lipinski definition) is 1. The Morgan fingerprint density at radius 3 is 2.61 bits per heavy atom. The van der Waals surface area contributed by atoms with Crippen LogP contribution in [0.2, 0.25) is 0 Å². The van der Waals surface area contributed by atoms with Gasteiger partial charge in [0.2, 0.25) is 10.0 Å². The van der Waals surface area contributed by atoms with Crippen LogP contribution >= 0.6 is 0 Å². The second-order valence-corrected chi connectivity index (χ2v) is 6.86. The van der Waals surface area contributed by atoms with E-state index in [2.05, 4.69) is 12.0 Å². The molecule has 2 atom stereocenters. The summed E-state index contributed by atoms with van der Waals surface area (Å²) in [6.07, 6.45) is 2.40. The minimum atomic E-state index is -3.52. The summed E-state index contributed by atoms with van der Waals surface area (Å²) in [4.78, 5) is 0.130. The number of rotatable bonds is 3. The Kier molecular flexibility index (Phi) is 3.37. The molecule has 2 unspecified atom stereocenters. The Bertz CT molecular complexity index is 537. The van der Waals surface area contributed by atoms with E-state index in [4.69, 9.17) is 5.73 Å². The minimum absolute atomic E-state index is 0.0226. The topological polar surface area (TPSA) is 81.2 Å². The van der Waals surface area contributed by atoms with Crippen molar-refractivity contribution in [3.63, 3.8) is 0 Å². The maximum Gasteiger partial charge on any atom is 0.248 e. The first-order valence-corrected chi connectivity index (χ1v) is 7.65. The van der Waals surface area contributed by atoms with Crippen molar-refractivity contribution in [2.24, 2.45) is 5.92 Å². The SMILES string of the molecule is CCn1cc(S(=O)(=O)N2CC(C)CC2C)c(N)n1. The fourth-order valence-corrected chi connectivity index (χ4v) is 4.32. The van der Waals surface area contributed by atoms with Crippen molar-refractivity contribution < 1.29 is 8.42 Å². The highest BCUT2D eigenvalue weighted by Gasteiger charge is 2.37. The molecule has 0 saturated carbocycles. The molecule has 1 fully saturated rings. The summed E-state index contributed by atoms with van der Waals surface area (Å²) in [7, 11) is -3.52. The van der Waals surface area contributed by atoms with Crippen LogP contribution in [0.3, 0.4) is 0 Å². The fraction of sp³-hybridized carbons (Fsp3) is 0.727. The van der Waals surface area contributed by atoms with Gasteiger partial charge in [-0.05, 0) is 26.2 Å². The van der Waals surface area contributed by atoms with Crippen LogP contribution in [0.5, 0.6) is 0 Å². The van der Waals surface area contributed by atoms with Gasteiger partial charge in [0.15, 0.2) is 5.82 Å². The van der Waals surface area contributed by atoms with Gasteiger partial charge in [-0.3, -0.25) is 4.68 Å². The van der Waals surface area contributed by atoms with Gasteiger partial charge in [-0.15, -0.1) is 0 Å². The fourth-order valence-electron chi connectivity index (χ4n) is 2.50. The molecular weight excluding hydrogens is 252 g/mol. The van der Waals surface area contributed by atoms with Gasteiger partial charge in [0.25, 0.3) is 0 Å². The molecule has 102 valence electrons. The average molecular weight is 272 g/mol. The number of aromatic nitrogens is 2. The van der Waals surface area contributed by atoms with Crippen molar-refractivity contribution in [2.75, 3.05) is 12.3 Å². The van der Waals surface area contributed by atoms with Crippen LogP contribution in [-0.2, 0) is 16.6 Å². The molecule has 6 nitrogen and oxygen atoms in total. The molecule has 0 radical (unpaired) electrons. The Balaban J connectivity index is 2.39. The zero-order chi connectivity index (χ0) is 13.5. The quantitative estimate of drug-likeness (QED) is 0.886. The zero-order valence-electron chi connectivity index (χ0n) is 11.0. The first-order valence-electron chi connectivity index (χ1n) is 6.21. The van der Waals surface area contributed by atoms with Crippen LogP contribution in [-0.4, -0.2) is 35.1 Å². The van der Waals surface area contributed by atoms with Gasteiger partial charge in [0.05, 0.1) is 0 Å². The molecule has 1 aromatic rings. The molecule has 0 bridgehead atoms. The van der Waals surface area contributed by atoms with E-state index in [1.807, 2.05) is 13.8 Å². The summed E-state index contributed by atoms with van der Waals surface area (Å²) < 4.78 is 28.1. The molecule has 1 aromatic heterocycles. The molecule has 0 aliphatic carbocycles. The number of nitrogens with zero attached hydrogens (tertiary/aromatic N) is 3. The maximum atomic E-state index is 12.5. The van der Waals surface area contributed by atoms with E-state index in [9.17, 15) is 8.42 Å². The predicted octanol–water partition coefficient (Wildman–Crippen LogP) is 0.904. The van der Waals surface area contributed by atoms with Crippen LogP contribution in [0.1, 0.15) is 27.2 Å². The van der Waals surface area contributed by atoms with Gasteiger partial charge in [-0.2, -0.15) is 9.40 Å². The first-order chi connectivity index (χ1) is 8.36. The highest BCUT2D eigenvalue weighted by molar-refractivity contribution is 7.89. The van der Waals surface area contributed by atoms with Crippen LogP contribution in [0.15, 0.2) is 11.1 Å². The van der Waals surface area contributed by atoms with E-state index in [0.717, 1.165) is 6.42 Å². The van der Waals surface area contributed by atoms with Crippen LogP contribution in [0, 0.1) is 5.92 Å². The number of aryl methyl sites for hydroxylation is 1. The van der Waals surface area contributed by atoms with Crippen molar-refractivity contribution >= 4 is 15.8 Å².